The average Bonchev–Trinajstić information content (AvgIpc) is 3.40. The third kappa shape index (κ3) is 7.10. The van der Waals surface area contributed by atoms with Crippen molar-refractivity contribution >= 4 is 40.9 Å². The minimum atomic E-state index is -0.954. The SMILES string of the molecule is CC1(C)C(NCC2CC(N3CCC(CN4CCN(c5ccc6c(c5)C(=O)N(C5CCC(=O)NC5=O)C6=O)CC4)CC3)C2)C(C)(C)C1Oc1ccc(C#N)c(Cl)c1. The lowest BCUT2D eigenvalue weighted by Crippen LogP contribution is -2.74. The zero-order chi connectivity index (χ0) is 39.5. The number of piperidine rings is 2. The predicted octanol–water partition coefficient (Wildman–Crippen LogP) is 4.70. The standard InChI is InChI=1S/C43H54ClN7O5/c1-42(2)40(43(3,4)41(42)56-31-7-5-28(23-45)34(44)22-31)46-24-27-19-30(20-27)49-13-11-26(12-14-49)25-48-15-17-50(18-16-48)29-6-8-32-33(21-29)39(55)51(38(32)54)35-9-10-36(52)47-37(35)53/h5-8,21-22,26-27,30,35,40-41,46H,9-20,24-25H2,1-4H3,(H,47,52,53). The van der Waals surface area contributed by atoms with E-state index in [1.54, 1.807) is 24.3 Å². The van der Waals surface area contributed by atoms with Crippen LogP contribution in [0, 0.1) is 34.0 Å². The number of nitrogens with zero attached hydrogens (tertiary/aromatic N) is 5. The summed E-state index contributed by atoms with van der Waals surface area (Å²) in [5.41, 5.74) is 1.93. The van der Waals surface area contributed by atoms with Gasteiger partial charge >= 0.3 is 0 Å². The number of anilines is 1. The number of hydrogen-bond donors (Lipinski definition) is 2. The monoisotopic (exact) mass is 783 g/mol. The number of ether oxygens (including phenoxy) is 1. The largest absolute Gasteiger partial charge is 0.489 e. The van der Waals surface area contributed by atoms with Crippen molar-refractivity contribution in [1.29, 1.82) is 5.26 Å². The summed E-state index contributed by atoms with van der Waals surface area (Å²) < 4.78 is 6.47. The third-order valence-corrected chi connectivity index (χ3v) is 14.1. The van der Waals surface area contributed by atoms with E-state index in [1.807, 2.05) is 12.1 Å². The molecule has 8 rings (SSSR count). The van der Waals surface area contributed by atoms with Gasteiger partial charge in [0.25, 0.3) is 11.8 Å². The van der Waals surface area contributed by atoms with Crippen molar-refractivity contribution in [3.63, 3.8) is 0 Å². The summed E-state index contributed by atoms with van der Waals surface area (Å²) in [5, 5.41) is 15.8. The molecule has 2 saturated carbocycles. The van der Waals surface area contributed by atoms with Gasteiger partial charge in [-0.1, -0.05) is 39.3 Å². The molecule has 6 aliphatic rings. The molecule has 2 N–H and O–H groups in total. The van der Waals surface area contributed by atoms with Gasteiger partial charge in [-0.05, 0) is 93.9 Å². The average molecular weight is 784 g/mol. The third-order valence-electron chi connectivity index (χ3n) is 13.8. The van der Waals surface area contributed by atoms with Gasteiger partial charge in [-0.25, -0.2) is 0 Å². The van der Waals surface area contributed by atoms with Crippen LogP contribution in [0.4, 0.5) is 5.69 Å². The number of benzene rings is 2. The van der Waals surface area contributed by atoms with Gasteiger partial charge in [0.2, 0.25) is 11.8 Å². The smallest absolute Gasteiger partial charge is 0.262 e. The quantitative estimate of drug-likeness (QED) is 0.327. The number of fused-ring (bicyclic) bond motifs is 1. The Hall–Kier alpha value is -4.02. The van der Waals surface area contributed by atoms with E-state index in [2.05, 4.69) is 59.1 Å². The van der Waals surface area contributed by atoms with Gasteiger partial charge < -0.3 is 19.9 Å². The number of carbonyl (C=O) groups excluding carboxylic acids is 4. The lowest BCUT2D eigenvalue weighted by molar-refractivity contribution is -0.169. The first-order valence-electron chi connectivity index (χ1n) is 20.4. The number of hydrogen-bond acceptors (Lipinski definition) is 10. The Balaban J connectivity index is 0.743. The van der Waals surface area contributed by atoms with Crippen LogP contribution in [-0.2, 0) is 9.59 Å². The number of halogens is 1. The fourth-order valence-corrected chi connectivity index (χ4v) is 11.1. The molecule has 298 valence electrons. The molecule has 0 aromatic heterocycles. The molecule has 0 radical (unpaired) electrons. The number of nitriles is 1. The molecule has 0 spiro atoms. The number of imide groups is 2. The summed E-state index contributed by atoms with van der Waals surface area (Å²) in [6.07, 6.45) is 5.28. The van der Waals surface area contributed by atoms with E-state index >= 15 is 0 Å². The molecule has 12 nitrogen and oxygen atoms in total. The molecule has 2 aliphatic carbocycles. The Bertz CT molecular complexity index is 1920. The summed E-state index contributed by atoms with van der Waals surface area (Å²) in [7, 11) is 0. The maximum atomic E-state index is 13.3. The van der Waals surface area contributed by atoms with Crippen molar-refractivity contribution in [2.45, 2.75) is 90.4 Å². The Morgan fingerprint density at radius 2 is 1.57 bits per heavy atom. The summed E-state index contributed by atoms with van der Waals surface area (Å²) >= 11 is 6.28. The molecule has 4 amide bonds. The van der Waals surface area contributed by atoms with Crippen LogP contribution in [0.25, 0.3) is 0 Å². The molecular formula is C43H54ClN7O5. The van der Waals surface area contributed by atoms with Crippen LogP contribution < -0.4 is 20.3 Å². The summed E-state index contributed by atoms with van der Waals surface area (Å²) in [4.78, 5) is 59.1. The van der Waals surface area contributed by atoms with Crippen molar-refractivity contribution in [3.8, 4) is 11.8 Å². The molecule has 0 bridgehead atoms. The minimum absolute atomic E-state index is 0.0298. The molecule has 1 unspecified atom stereocenters. The highest BCUT2D eigenvalue weighted by atomic mass is 35.5. The van der Waals surface area contributed by atoms with Crippen LogP contribution in [0.1, 0.15) is 92.5 Å². The molecule has 13 heteroatoms. The summed E-state index contributed by atoms with van der Waals surface area (Å²) in [6, 6.07) is 12.9. The van der Waals surface area contributed by atoms with Crippen molar-refractivity contribution in [2.24, 2.45) is 22.7 Å². The first kappa shape index (κ1) is 38.8. The zero-order valence-corrected chi connectivity index (χ0v) is 33.7. The predicted molar refractivity (Wildman–Crippen MR) is 213 cm³/mol. The highest BCUT2D eigenvalue weighted by molar-refractivity contribution is 6.31. The molecule has 5 fully saturated rings. The lowest BCUT2D eigenvalue weighted by Gasteiger charge is -2.63. The van der Waals surface area contributed by atoms with Crippen LogP contribution in [0.5, 0.6) is 5.75 Å². The normalized spacial score (nSPS) is 29.3. The van der Waals surface area contributed by atoms with Crippen LogP contribution in [-0.4, -0.2) is 115 Å². The Labute approximate surface area is 334 Å². The second-order valence-electron chi connectivity index (χ2n) is 18.2. The van der Waals surface area contributed by atoms with Crippen LogP contribution in [0.2, 0.25) is 5.02 Å². The van der Waals surface area contributed by atoms with E-state index < -0.39 is 23.8 Å². The van der Waals surface area contributed by atoms with Crippen molar-refractivity contribution < 1.29 is 23.9 Å². The molecule has 2 aromatic carbocycles. The van der Waals surface area contributed by atoms with Gasteiger partial charge in [0.1, 0.15) is 24.0 Å². The van der Waals surface area contributed by atoms with Crippen LogP contribution in [0.15, 0.2) is 36.4 Å². The van der Waals surface area contributed by atoms with Crippen molar-refractivity contribution in [3.05, 3.63) is 58.1 Å². The number of rotatable bonds is 10. The molecule has 3 saturated heterocycles. The van der Waals surface area contributed by atoms with Gasteiger partial charge in [0, 0.05) is 73.8 Å². The highest BCUT2D eigenvalue weighted by Gasteiger charge is 2.63. The van der Waals surface area contributed by atoms with Crippen molar-refractivity contribution in [2.75, 3.05) is 57.3 Å². The highest BCUT2D eigenvalue weighted by Crippen LogP contribution is 2.56. The van der Waals surface area contributed by atoms with E-state index in [0.717, 1.165) is 49.9 Å². The number of likely N-dealkylation sites (tertiary alicyclic amines) is 1. The molecule has 2 aromatic rings. The molecule has 4 aliphatic heterocycles. The van der Waals surface area contributed by atoms with E-state index in [-0.39, 0.29) is 35.7 Å². The van der Waals surface area contributed by atoms with Crippen LogP contribution >= 0.6 is 11.6 Å². The van der Waals surface area contributed by atoms with E-state index in [0.29, 0.717) is 51.4 Å². The van der Waals surface area contributed by atoms with Gasteiger partial charge in [0.05, 0.1) is 21.7 Å². The maximum Gasteiger partial charge on any atom is 0.262 e. The number of amides is 4. The molecule has 56 heavy (non-hydrogen) atoms. The second kappa shape index (κ2) is 15.1. The van der Waals surface area contributed by atoms with E-state index in [4.69, 9.17) is 16.3 Å². The van der Waals surface area contributed by atoms with Gasteiger partial charge in [-0.2, -0.15) is 5.26 Å². The number of nitrogens with one attached hydrogen (secondary N) is 2. The molecule has 1 atom stereocenters. The fourth-order valence-electron chi connectivity index (χ4n) is 10.9. The molecule has 4 heterocycles. The number of piperazine rings is 1. The first-order valence-corrected chi connectivity index (χ1v) is 20.8. The van der Waals surface area contributed by atoms with Crippen molar-refractivity contribution in [1.82, 2.24) is 25.3 Å². The van der Waals surface area contributed by atoms with Gasteiger partial charge in [0.15, 0.2) is 0 Å². The zero-order valence-electron chi connectivity index (χ0n) is 33.0. The Morgan fingerprint density at radius 3 is 2.23 bits per heavy atom. The summed E-state index contributed by atoms with van der Waals surface area (Å²) in [6.45, 7) is 17.2. The Kier molecular flexibility index (Phi) is 10.4. The Morgan fingerprint density at radius 1 is 0.875 bits per heavy atom. The lowest BCUT2D eigenvalue weighted by atomic mass is 9.49. The molecular weight excluding hydrogens is 730 g/mol. The topological polar surface area (TPSA) is 138 Å². The van der Waals surface area contributed by atoms with Gasteiger partial charge in [-0.15, -0.1) is 0 Å². The summed E-state index contributed by atoms with van der Waals surface area (Å²) in [5.74, 6) is 0.213. The first-order chi connectivity index (χ1) is 26.7. The second-order valence-corrected chi connectivity index (χ2v) is 18.6. The van der Waals surface area contributed by atoms with Gasteiger partial charge in [-0.3, -0.25) is 34.3 Å². The maximum absolute atomic E-state index is 13.3. The van der Waals surface area contributed by atoms with Crippen LogP contribution in [0.3, 0.4) is 0 Å². The minimum Gasteiger partial charge on any atom is -0.489 e. The number of carbonyl (C=O) groups is 4. The van der Waals surface area contributed by atoms with E-state index in [9.17, 15) is 24.4 Å². The van der Waals surface area contributed by atoms with E-state index in [1.165, 1.54) is 38.8 Å². The fraction of sp³-hybridized carbons (Fsp3) is 0.605.